The molecule has 0 saturated heterocycles. The quantitative estimate of drug-likeness (QED) is 0.229. The molecule has 0 aliphatic rings. The van der Waals surface area contributed by atoms with E-state index in [4.69, 9.17) is 9.26 Å². The van der Waals surface area contributed by atoms with Crippen LogP contribution in [0.15, 0.2) is 96.2 Å². The molecule has 3 rings (SSSR count). The van der Waals surface area contributed by atoms with Crippen LogP contribution in [0.4, 0.5) is 0 Å². The number of nitrogens with zero attached hydrogens (tertiary/aromatic N) is 2. The first-order valence-electron chi connectivity index (χ1n) is 11.6. The fourth-order valence-corrected chi connectivity index (χ4v) is 8.89. The van der Waals surface area contributed by atoms with Gasteiger partial charge in [-0.25, -0.2) is 0 Å². The Bertz CT molecular complexity index is 1080. The van der Waals surface area contributed by atoms with Crippen molar-refractivity contribution < 1.29 is 9.26 Å². The molecule has 176 valence electrons. The molecule has 0 radical (unpaired) electrons. The van der Waals surface area contributed by atoms with Gasteiger partial charge >= 0.3 is 0 Å². The summed E-state index contributed by atoms with van der Waals surface area (Å²) in [5.74, 6) is 0. The molecule has 0 aliphatic carbocycles. The average Bonchev–Trinajstić information content (AvgIpc) is 2.83. The Morgan fingerprint density at radius 2 is 1.26 bits per heavy atom. The normalized spacial score (nSPS) is 12.8. The Hall–Kier alpha value is -3.20. The zero-order valence-electron chi connectivity index (χ0n) is 20.8. The van der Waals surface area contributed by atoms with E-state index in [1.807, 2.05) is 56.3 Å². The van der Waals surface area contributed by atoms with E-state index in [9.17, 15) is 5.26 Å². The highest BCUT2D eigenvalue weighted by molar-refractivity contribution is 6.99. The molecule has 0 fully saturated rings. The standard InChI is InChI=1S/C29H34N2O2Si/c1-28(2,3)34(25-17-11-7-12-18-25,26-19-13-8-14-20-26)33-23-29(4,5)27(21-30)31-32-22-24-15-9-6-10-16-24/h6-20H,22-23H2,1-5H3/b31-27+. The van der Waals surface area contributed by atoms with Crippen LogP contribution >= 0.6 is 0 Å². The van der Waals surface area contributed by atoms with Gasteiger partial charge in [-0.1, -0.05) is 131 Å². The van der Waals surface area contributed by atoms with E-state index in [1.54, 1.807) is 0 Å². The van der Waals surface area contributed by atoms with Crippen molar-refractivity contribution in [1.82, 2.24) is 0 Å². The van der Waals surface area contributed by atoms with E-state index < -0.39 is 13.7 Å². The first-order chi connectivity index (χ1) is 16.2. The highest BCUT2D eigenvalue weighted by atomic mass is 28.4. The van der Waals surface area contributed by atoms with Gasteiger partial charge in [0.15, 0.2) is 5.71 Å². The molecule has 0 aromatic heterocycles. The van der Waals surface area contributed by atoms with Gasteiger partial charge in [0.25, 0.3) is 8.32 Å². The number of rotatable bonds is 9. The summed E-state index contributed by atoms with van der Waals surface area (Å²) in [5.41, 5.74) is 0.699. The van der Waals surface area contributed by atoms with Crippen LogP contribution < -0.4 is 10.4 Å². The molecule has 4 nitrogen and oxygen atoms in total. The van der Waals surface area contributed by atoms with E-state index in [0.29, 0.717) is 18.9 Å². The summed E-state index contributed by atoms with van der Waals surface area (Å²) in [6, 6.07) is 33.1. The maximum atomic E-state index is 9.88. The summed E-state index contributed by atoms with van der Waals surface area (Å²) in [7, 11) is -2.71. The van der Waals surface area contributed by atoms with E-state index >= 15 is 0 Å². The predicted molar refractivity (Wildman–Crippen MR) is 142 cm³/mol. The van der Waals surface area contributed by atoms with Crippen LogP contribution in [0.3, 0.4) is 0 Å². The molecule has 5 heteroatoms. The van der Waals surface area contributed by atoms with Crippen molar-refractivity contribution in [3.05, 3.63) is 96.6 Å². The summed E-state index contributed by atoms with van der Waals surface area (Å²) in [6.45, 7) is 11.4. The summed E-state index contributed by atoms with van der Waals surface area (Å²) < 4.78 is 7.03. The van der Waals surface area contributed by atoms with Crippen LogP contribution in [-0.4, -0.2) is 20.6 Å². The topological polar surface area (TPSA) is 54.6 Å². The van der Waals surface area contributed by atoms with E-state index in [2.05, 4.69) is 80.5 Å². The van der Waals surface area contributed by atoms with Crippen molar-refractivity contribution in [2.24, 2.45) is 10.6 Å². The van der Waals surface area contributed by atoms with Gasteiger partial charge in [0, 0.05) is 12.0 Å². The number of benzene rings is 3. The van der Waals surface area contributed by atoms with Crippen LogP contribution in [0.5, 0.6) is 0 Å². The number of nitriles is 1. The Kier molecular flexibility index (Phi) is 8.09. The van der Waals surface area contributed by atoms with Crippen LogP contribution in [-0.2, 0) is 15.9 Å². The van der Waals surface area contributed by atoms with Crippen molar-refractivity contribution >= 4 is 24.4 Å². The van der Waals surface area contributed by atoms with Gasteiger partial charge in [0.05, 0.1) is 0 Å². The number of oxime groups is 1. The van der Waals surface area contributed by atoms with Gasteiger partial charge in [0.2, 0.25) is 0 Å². The monoisotopic (exact) mass is 470 g/mol. The lowest BCUT2D eigenvalue weighted by molar-refractivity contribution is 0.125. The van der Waals surface area contributed by atoms with Crippen molar-refractivity contribution in [3.8, 4) is 6.07 Å². The molecule has 0 N–H and O–H groups in total. The van der Waals surface area contributed by atoms with E-state index in [0.717, 1.165) is 5.56 Å². The fraction of sp³-hybridized carbons (Fsp3) is 0.310. The lowest BCUT2D eigenvalue weighted by Gasteiger charge is -2.44. The van der Waals surface area contributed by atoms with Crippen LogP contribution in [0.2, 0.25) is 5.04 Å². The molecule has 0 heterocycles. The molecular formula is C29H34N2O2Si. The van der Waals surface area contributed by atoms with Gasteiger partial charge in [0.1, 0.15) is 12.7 Å². The van der Waals surface area contributed by atoms with Crippen LogP contribution in [0.25, 0.3) is 0 Å². The lowest BCUT2D eigenvalue weighted by atomic mass is 9.89. The second-order valence-corrected chi connectivity index (χ2v) is 14.5. The summed E-state index contributed by atoms with van der Waals surface area (Å²) in [4.78, 5) is 5.55. The molecule has 0 unspecified atom stereocenters. The predicted octanol–water partition coefficient (Wildman–Crippen LogP) is 5.69. The van der Waals surface area contributed by atoms with E-state index in [-0.39, 0.29) is 5.04 Å². The molecule has 0 bridgehead atoms. The Morgan fingerprint density at radius 1 is 0.794 bits per heavy atom. The second-order valence-electron chi connectivity index (χ2n) is 10.1. The molecule has 0 spiro atoms. The van der Waals surface area contributed by atoms with Crippen LogP contribution in [0, 0.1) is 16.7 Å². The second kappa shape index (κ2) is 10.8. The maximum Gasteiger partial charge on any atom is 0.261 e. The zero-order valence-corrected chi connectivity index (χ0v) is 21.8. The van der Waals surface area contributed by atoms with Gasteiger partial charge in [-0.05, 0) is 21.0 Å². The first-order valence-corrected chi connectivity index (χ1v) is 13.5. The van der Waals surface area contributed by atoms with Crippen molar-refractivity contribution in [1.29, 1.82) is 5.26 Å². The Morgan fingerprint density at radius 3 is 1.71 bits per heavy atom. The van der Waals surface area contributed by atoms with Crippen LogP contribution in [0.1, 0.15) is 40.2 Å². The van der Waals surface area contributed by atoms with Crippen molar-refractivity contribution in [3.63, 3.8) is 0 Å². The number of hydrogen-bond donors (Lipinski definition) is 0. The highest BCUT2D eigenvalue weighted by Crippen LogP contribution is 2.38. The van der Waals surface area contributed by atoms with Gasteiger partial charge in [-0.3, -0.25) is 0 Å². The van der Waals surface area contributed by atoms with Gasteiger partial charge < -0.3 is 9.26 Å². The minimum absolute atomic E-state index is 0.139. The van der Waals surface area contributed by atoms with Gasteiger partial charge in [-0.2, -0.15) is 5.26 Å². The molecule has 0 saturated carbocycles. The largest absolute Gasteiger partial charge is 0.406 e. The molecular weight excluding hydrogens is 436 g/mol. The third-order valence-corrected chi connectivity index (χ3v) is 11.0. The number of hydrogen-bond acceptors (Lipinski definition) is 4. The Labute approximate surface area is 205 Å². The Balaban J connectivity index is 1.92. The molecule has 0 aliphatic heterocycles. The van der Waals surface area contributed by atoms with Gasteiger partial charge in [-0.15, -0.1) is 0 Å². The maximum absolute atomic E-state index is 9.88. The van der Waals surface area contributed by atoms with E-state index in [1.165, 1.54) is 10.4 Å². The first kappa shape index (κ1) is 25.4. The zero-order chi connectivity index (χ0) is 24.7. The summed E-state index contributed by atoms with van der Waals surface area (Å²) in [5, 5.41) is 16.4. The van der Waals surface area contributed by atoms with Crippen molar-refractivity contribution in [2.45, 2.75) is 46.3 Å². The minimum atomic E-state index is -2.71. The van der Waals surface area contributed by atoms with Crippen molar-refractivity contribution in [2.75, 3.05) is 6.61 Å². The molecule has 0 amide bonds. The summed E-state index contributed by atoms with van der Waals surface area (Å²) in [6.07, 6.45) is 0. The summed E-state index contributed by atoms with van der Waals surface area (Å²) >= 11 is 0. The molecule has 3 aromatic rings. The molecule has 0 atom stereocenters. The lowest BCUT2D eigenvalue weighted by Crippen LogP contribution is -2.67. The minimum Gasteiger partial charge on any atom is -0.406 e. The highest BCUT2D eigenvalue weighted by Gasteiger charge is 2.51. The third kappa shape index (κ3) is 5.64. The smallest absolute Gasteiger partial charge is 0.261 e. The molecule has 34 heavy (non-hydrogen) atoms. The third-order valence-electron chi connectivity index (χ3n) is 6.04. The molecule has 3 aromatic carbocycles. The fourth-order valence-electron chi connectivity index (χ4n) is 4.16. The average molecular weight is 471 g/mol. The SMILES string of the molecule is CC(C)(CO[Si](c1ccccc1)(c1ccccc1)C(C)(C)C)/C(C#N)=N/OCc1ccccc1.